The molecule has 36 heavy (non-hydrogen) atoms. The molecule has 3 aromatic heterocycles. The van der Waals surface area contributed by atoms with Gasteiger partial charge in [0.05, 0.1) is 42.7 Å². The van der Waals surface area contributed by atoms with Crippen molar-refractivity contribution in [3.05, 3.63) is 41.9 Å². The summed E-state index contributed by atoms with van der Waals surface area (Å²) in [6, 6.07) is 4.39. The van der Waals surface area contributed by atoms with Crippen LogP contribution in [0.2, 0.25) is 0 Å². The van der Waals surface area contributed by atoms with Crippen LogP contribution in [0.15, 0.2) is 30.7 Å². The van der Waals surface area contributed by atoms with Crippen molar-refractivity contribution in [3.63, 3.8) is 0 Å². The van der Waals surface area contributed by atoms with Gasteiger partial charge in [0.15, 0.2) is 17.6 Å². The monoisotopic (exact) mass is 502 g/mol. The number of amides is 1. The zero-order chi connectivity index (χ0) is 26.0. The summed E-state index contributed by atoms with van der Waals surface area (Å²) in [5.41, 5.74) is 0.331. The van der Waals surface area contributed by atoms with Crippen molar-refractivity contribution in [1.82, 2.24) is 14.6 Å². The first kappa shape index (κ1) is 24.9. The van der Waals surface area contributed by atoms with Crippen LogP contribution in [0.1, 0.15) is 41.3 Å². The highest BCUT2D eigenvalue weighted by Gasteiger charge is 2.43. The van der Waals surface area contributed by atoms with E-state index in [9.17, 15) is 22.8 Å². The third kappa shape index (κ3) is 4.94. The summed E-state index contributed by atoms with van der Waals surface area (Å²) in [5.74, 6) is -0.794. The summed E-state index contributed by atoms with van der Waals surface area (Å²) in [4.78, 5) is 28.8. The zero-order valence-electron chi connectivity index (χ0n) is 19.2. The number of Topliss-reactive ketones (excluding diaryl/α,β-unsaturated/α-hetero) is 1. The normalized spacial score (nSPS) is 14.2. The number of fused-ring (bicyclic) bond motifs is 1. The molecule has 0 saturated heterocycles. The van der Waals surface area contributed by atoms with Crippen molar-refractivity contribution in [2.45, 2.75) is 31.5 Å². The summed E-state index contributed by atoms with van der Waals surface area (Å²) in [7, 11) is 2.16. The molecule has 0 unspecified atom stereocenters. The number of alkyl halides is 3. The molecule has 0 bridgehead atoms. The number of nitriles is 1. The lowest BCUT2D eigenvalue weighted by molar-refractivity contribution is -0.216. The third-order valence-electron chi connectivity index (χ3n) is 5.60. The number of rotatable bonds is 9. The number of ketones is 1. The van der Waals surface area contributed by atoms with Gasteiger partial charge in [-0.2, -0.15) is 23.5 Å². The Kier molecular flexibility index (Phi) is 6.80. The molecule has 1 saturated carbocycles. The maximum atomic E-state index is 13.6. The Hall–Kier alpha value is -4.18. The summed E-state index contributed by atoms with van der Waals surface area (Å²) >= 11 is 0. The van der Waals surface area contributed by atoms with E-state index >= 15 is 0 Å². The van der Waals surface area contributed by atoms with E-state index in [4.69, 9.17) is 14.7 Å². The van der Waals surface area contributed by atoms with E-state index in [1.807, 2.05) is 0 Å². The van der Waals surface area contributed by atoms with Crippen molar-refractivity contribution in [2.75, 3.05) is 24.9 Å². The number of hydrogen-bond donors (Lipinski definition) is 2. The molecule has 188 valence electrons. The second-order valence-electron chi connectivity index (χ2n) is 8.07. The maximum Gasteiger partial charge on any atom is 0.418 e. The molecule has 1 aliphatic carbocycles. The van der Waals surface area contributed by atoms with Gasteiger partial charge in [0.1, 0.15) is 11.3 Å². The molecular formula is C23H21F3N6O4. The number of halogens is 3. The quantitative estimate of drug-likeness (QED) is 0.417. The van der Waals surface area contributed by atoms with E-state index < -0.39 is 24.5 Å². The number of ether oxygens (including phenoxy) is 2. The summed E-state index contributed by atoms with van der Waals surface area (Å²) < 4.78 is 52.1. The van der Waals surface area contributed by atoms with E-state index in [1.165, 1.54) is 42.3 Å². The minimum atomic E-state index is -4.70. The molecule has 1 atom stereocenters. The molecule has 0 radical (unpaired) electrons. The molecule has 2 N–H and O–H groups in total. The molecule has 1 fully saturated rings. The Labute approximate surface area is 203 Å². The van der Waals surface area contributed by atoms with Crippen LogP contribution in [0.25, 0.3) is 5.52 Å². The van der Waals surface area contributed by atoms with Crippen molar-refractivity contribution in [1.29, 1.82) is 5.26 Å². The standard InChI is InChI=1S/C23H21F3N6O4/c1-35-20-13(21(36-2)23(24,25)26)6-8-32-19(20)16(11-29-32)30-15-9-18(31-22(34)12-3-4-12)28-10-14(15)17(33)5-7-27/h6,8-12,21H,3-5H2,1-2H3,(H2,28,30,31,34)/t21-/m0/s1. The summed E-state index contributed by atoms with van der Waals surface area (Å²) in [5, 5.41) is 18.8. The van der Waals surface area contributed by atoms with Gasteiger partial charge in [-0.15, -0.1) is 0 Å². The van der Waals surface area contributed by atoms with Gasteiger partial charge in [-0.1, -0.05) is 0 Å². The molecule has 13 heteroatoms. The van der Waals surface area contributed by atoms with Gasteiger partial charge >= 0.3 is 6.18 Å². The lowest BCUT2D eigenvalue weighted by Gasteiger charge is -2.22. The molecule has 0 aliphatic heterocycles. The number of nitrogens with zero attached hydrogens (tertiary/aromatic N) is 4. The third-order valence-corrected chi connectivity index (χ3v) is 5.60. The van der Waals surface area contributed by atoms with E-state index in [-0.39, 0.29) is 51.4 Å². The highest BCUT2D eigenvalue weighted by molar-refractivity contribution is 6.04. The number of nitrogens with one attached hydrogen (secondary N) is 2. The highest BCUT2D eigenvalue weighted by Crippen LogP contribution is 2.43. The second-order valence-corrected chi connectivity index (χ2v) is 8.07. The summed E-state index contributed by atoms with van der Waals surface area (Å²) in [6.07, 6.45) is -1.93. The lowest BCUT2D eigenvalue weighted by atomic mass is 10.1. The highest BCUT2D eigenvalue weighted by atomic mass is 19.4. The molecule has 3 heterocycles. The van der Waals surface area contributed by atoms with Crippen molar-refractivity contribution in [2.24, 2.45) is 5.92 Å². The first-order chi connectivity index (χ1) is 17.2. The number of carbonyl (C=O) groups excluding carboxylic acids is 2. The average molecular weight is 502 g/mol. The lowest BCUT2D eigenvalue weighted by Crippen LogP contribution is -2.23. The van der Waals surface area contributed by atoms with Crippen LogP contribution in [0.4, 0.5) is 30.4 Å². The predicted octanol–water partition coefficient (Wildman–Crippen LogP) is 4.18. The van der Waals surface area contributed by atoms with Crippen LogP contribution >= 0.6 is 0 Å². The maximum absolute atomic E-state index is 13.6. The van der Waals surface area contributed by atoms with Gasteiger partial charge in [-0.25, -0.2) is 9.50 Å². The number of methoxy groups -OCH3 is 2. The van der Waals surface area contributed by atoms with Crippen LogP contribution in [0, 0.1) is 17.2 Å². The molecule has 1 amide bonds. The van der Waals surface area contributed by atoms with Gasteiger partial charge in [0.25, 0.3) is 0 Å². The second kappa shape index (κ2) is 9.82. The fraction of sp³-hybridized carbons (Fsp3) is 0.348. The molecule has 0 aromatic carbocycles. The fourth-order valence-corrected chi connectivity index (χ4v) is 3.75. The van der Waals surface area contributed by atoms with E-state index in [1.54, 1.807) is 6.07 Å². The van der Waals surface area contributed by atoms with Crippen LogP contribution in [0.3, 0.4) is 0 Å². The predicted molar refractivity (Wildman–Crippen MR) is 121 cm³/mol. The van der Waals surface area contributed by atoms with E-state index in [2.05, 4.69) is 20.7 Å². The van der Waals surface area contributed by atoms with Crippen LogP contribution in [-0.2, 0) is 9.53 Å². The zero-order valence-corrected chi connectivity index (χ0v) is 19.2. The van der Waals surface area contributed by atoms with Gasteiger partial charge in [-0.3, -0.25) is 9.59 Å². The van der Waals surface area contributed by atoms with Crippen LogP contribution in [-0.4, -0.2) is 46.7 Å². The molecular weight excluding hydrogens is 481 g/mol. The minimum Gasteiger partial charge on any atom is -0.494 e. The topological polar surface area (TPSA) is 131 Å². The largest absolute Gasteiger partial charge is 0.494 e. The Morgan fingerprint density at radius 1 is 1.28 bits per heavy atom. The van der Waals surface area contributed by atoms with Crippen molar-refractivity contribution >= 4 is 34.4 Å². The smallest absolute Gasteiger partial charge is 0.418 e. The van der Waals surface area contributed by atoms with Gasteiger partial charge < -0.3 is 20.1 Å². The average Bonchev–Trinajstić information content (AvgIpc) is 3.61. The number of aromatic nitrogens is 3. The Bertz CT molecular complexity index is 1360. The molecule has 0 spiro atoms. The molecule has 3 aromatic rings. The Balaban J connectivity index is 1.79. The van der Waals surface area contributed by atoms with Gasteiger partial charge in [-0.05, 0) is 18.9 Å². The van der Waals surface area contributed by atoms with Crippen LogP contribution < -0.4 is 15.4 Å². The number of carbonyl (C=O) groups is 2. The van der Waals surface area contributed by atoms with Gasteiger partial charge in [0.2, 0.25) is 5.91 Å². The molecule has 4 rings (SSSR count). The van der Waals surface area contributed by atoms with E-state index in [0.717, 1.165) is 20.0 Å². The SMILES string of the molecule is COc1c([C@H](OC)C(F)(F)F)ccn2ncc(Nc3cc(NC(=O)C4CC4)ncc3C(=O)CC#N)c12. The summed E-state index contributed by atoms with van der Waals surface area (Å²) in [6.45, 7) is 0. The first-order valence-electron chi connectivity index (χ1n) is 10.8. The number of pyridine rings is 2. The van der Waals surface area contributed by atoms with E-state index in [0.29, 0.717) is 0 Å². The number of hydrogen-bond acceptors (Lipinski definition) is 8. The van der Waals surface area contributed by atoms with Crippen molar-refractivity contribution in [3.8, 4) is 11.8 Å². The first-order valence-corrected chi connectivity index (χ1v) is 10.8. The molecule has 10 nitrogen and oxygen atoms in total. The van der Waals surface area contributed by atoms with Crippen molar-refractivity contribution < 1.29 is 32.2 Å². The van der Waals surface area contributed by atoms with Crippen LogP contribution in [0.5, 0.6) is 5.75 Å². The van der Waals surface area contributed by atoms with Gasteiger partial charge in [0, 0.05) is 37.1 Å². The number of anilines is 3. The Morgan fingerprint density at radius 3 is 2.64 bits per heavy atom. The molecule has 1 aliphatic rings. The Morgan fingerprint density at radius 2 is 2.03 bits per heavy atom. The fourth-order valence-electron chi connectivity index (χ4n) is 3.75. The minimum absolute atomic E-state index is 0.0560.